The zero-order valence-corrected chi connectivity index (χ0v) is 10.3. The fraction of sp³-hybridized carbons (Fsp3) is 0.455. The minimum atomic E-state index is 0.829. The Morgan fingerprint density at radius 1 is 1.31 bits per heavy atom. The monoisotopic (exact) mass is 290 g/mol. The molecule has 2 heteroatoms. The van der Waals surface area contributed by atoms with E-state index in [0.717, 1.165) is 18.8 Å². The quantitative estimate of drug-likeness (QED) is 0.605. The van der Waals surface area contributed by atoms with Crippen LogP contribution in [0.1, 0.15) is 25.3 Å². The maximum atomic E-state index is 5.60. The third-order valence-corrected chi connectivity index (χ3v) is 2.41. The molecule has 0 aliphatic carbocycles. The fourth-order valence-corrected chi connectivity index (χ4v) is 1.92. The zero-order valence-electron chi connectivity index (χ0n) is 8.14. The highest BCUT2D eigenvalue weighted by Crippen LogP contribution is 2.18. The highest BCUT2D eigenvalue weighted by Gasteiger charge is 1.96. The van der Waals surface area contributed by atoms with E-state index in [1.807, 2.05) is 0 Å². The Morgan fingerprint density at radius 2 is 2.08 bits per heavy atom. The van der Waals surface area contributed by atoms with Crippen LogP contribution in [0.2, 0.25) is 0 Å². The lowest BCUT2D eigenvalue weighted by molar-refractivity contribution is 0.309. The number of unbranched alkanes of at least 4 members (excludes halogenated alkanes) is 1. The van der Waals surface area contributed by atoms with Crippen molar-refractivity contribution in [2.24, 2.45) is 0 Å². The maximum Gasteiger partial charge on any atom is 0.120 e. The summed E-state index contributed by atoms with van der Waals surface area (Å²) < 4.78 is 6.84. The standard InChI is InChI=1S/C11H15IO/c1-3-4-5-13-11-7-9(2)6-10(12)8-11/h6-8H,3-5H2,1-2H3. The van der Waals surface area contributed by atoms with Crippen molar-refractivity contribution >= 4 is 22.6 Å². The lowest BCUT2D eigenvalue weighted by Crippen LogP contribution is -1.96. The van der Waals surface area contributed by atoms with E-state index in [-0.39, 0.29) is 0 Å². The Labute approximate surface area is 93.6 Å². The summed E-state index contributed by atoms with van der Waals surface area (Å²) in [6.45, 7) is 5.09. The number of ether oxygens (including phenoxy) is 1. The Kier molecular flexibility index (Phi) is 4.56. The van der Waals surface area contributed by atoms with Crippen LogP contribution in [0.4, 0.5) is 0 Å². The molecule has 0 saturated heterocycles. The number of aryl methyl sites for hydroxylation is 1. The van der Waals surface area contributed by atoms with Gasteiger partial charge in [-0.05, 0) is 59.7 Å². The van der Waals surface area contributed by atoms with Crippen LogP contribution in [0.15, 0.2) is 18.2 Å². The molecule has 0 radical (unpaired) electrons. The highest BCUT2D eigenvalue weighted by molar-refractivity contribution is 14.1. The van der Waals surface area contributed by atoms with Crippen molar-refractivity contribution < 1.29 is 4.74 Å². The summed E-state index contributed by atoms with van der Waals surface area (Å²) in [5.41, 5.74) is 1.26. The molecular weight excluding hydrogens is 275 g/mol. The smallest absolute Gasteiger partial charge is 0.120 e. The van der Waals surface area contributed by atoms with Crippen molar-refractivity contribution in [3.63, 3.8) is 0 Å². The number of halogens is 1. The molecule has 0 aliphatic heterocycles. The first-order valence-corrected chi connectivity index (χ1v) is 5.70. The summed E-state index contributed by atoms with van der Waals surface area (Å²) in [5, 5.41) is 0. The molecule has 0 unspecified atom stereocenters. The molecule has 0 amide bonds. The van der Waals surface area contributed by atoms with E-state index in [1.54, 1.807) is 0 Å². The van der Waals surface area contributed by atoms with Gasteiger partial charge in [0.05, 0.1) is 6.61 Å². The number of hydrogen-bond donors (Lipinski definition) is 0. The van der Waals surface area contributed by atoms with Gasteiger partial charge >= 0.3 is 0 Å². The second kappa shape index (κ2) is 5.47. The van der Waals surface area contributed by atoms with Crippen LogP contribution in [-0.2, 0) is 0 Å². The van der Waals surface area contributed by atoms with Gasteiger partial charge in [-0.1, -0.05) is 13.3 Å². The van der Waals surface area contributed by atoms with E-state index in [4.69, 9.17) is 4.74 Å². The molecule has 1 rings (SSSR count). The number of rotatable bonds is 4. The Bertz CT molecular complexity index is 251. The van der Waals surface area contributed by atoms with Gasteiger partial charge in [-0.2, -0.15) is 0 Å². The molecule has 72 valence electrons. The predicted molar refractivity (Wildman–Crippen MR) is 64.3 cm³/mol. The van der Waals surface area contributed by atoms with Gasteiger partial charge in [0.25, 0.3) is 0 Å². The molecule has 0 spiro atoms. The van der Waals surface area contributed by atoms with Gasteiger partial charge in [0.1, 0.15) is 5.75 Å². The molecular formula is C11H15IO. The third-order valence-electron chi connectivity index (χ3n) is 1.78. The molecule has 0 bridgehead atoms. The van der Waals surface area contributed by atoms with Crippen LogP contribution in [0.3, 0.4) is 0 Å². The van der Waals surface area contributed by atoms with E-state index in [2.05, 4.69) is 54.6 Å². The largest absolute Gasteiger partial charge is 0.494 e. The third kappa shape index (κ3) is 3.98. The van der Waals surface area contributed by atoms with Crippen molar-refractivity contribution in [3.8, 4) is 5.75 Å². The van der Waals surface area contributed by atoms with Crippen LogP contribution in [0.25, 0.3) is 0 Å². The van der Waals surface area contributed by atoms with E-state index >= 15 is 0 Å². The molecule has 0 saturated carbocycles. The lowest BCUT2D eigenvalue weighted by Gasteiger charge is -2.06. The van der Waals surface area contributed by atoms with E-state index in [1.165, 1.54) is 15.6 Å². The average molecular weight is 290 g/mol. The zero-order chi connectivity index (χ0) is 9.68. The van der Waals surface area contributed by atoms with Gasteiger partial charge < -0.3 is 4.74 Å². The van der Waals surface area contributed by atoms with Crippen LogP contribution >= 0.6 is 22.6 Å². The van der Waals surface area contributed by atoms with Crippen molar-refractivity contribution in [1.29, 1.82) is 0 Å². The van der Waals surface area contributed by atoms with Gasteiger partial charge in [0, 0.05) is 3.57 Å². The second-order valence-corrected chi connectivity index (χ2v) is 4.41. The minimum absolute atomic E-state index is 0.829. The maximum absolute atomic E-state index is 5.60. The summed E-state index contributed by atoms with van der Waals surface area (Å²) in [6.07, 6.45) is 2.31. The van der Waals surface area contributed by atoms with Crippen molar-refractivity contribution in [3.05, 3.63) is 27.3 Å². The lowest BCUT2D eigenvalue weighted by atomic mass is 10.2. The number of benzene rings is 1. The Morgan fingerprint density at radius 3 is 2.69 bits per heavy atom. The molecule has 1 aromatic carbocycles. The summed E-state index contributed by atoms with van der Waals surface area (Å²) >= 11 is 2.31. The van der Waals surface area contributed by atoms with Gasteiger partial charge in [0.15, 0.2) is 0 Å². The number of hydrogen-bond acceptors (Lipinski definition) is 1. The molecule has 0 atom stereocenters. The first kappa shape index (κ1) is 10.8. The highest BCUT2D eigenvalue weighted by atomic mass is 127. The molecule has 1 aromatic rings. The summed E-state index contributed by atoms with van der Waals surface area (Å²) in [5.74, 6) is 0.998. The molecule has 1 nitrogen and oxygen atoms in total. The van der Waals surface area contributed by atoms with Crippen LogP contribution in [0.5, 0.6) is 5.75 Å². The molecule has 0 N–H and O–H groups in total. The minimum Gasteiger partial charge on any atom is -0.494 e. The van der Waals surface area contributed by atoms with E-state index in [0.29, 0.717) is 0 Å². The van der Waals surface area contributed by atoms with E-state index in [9.17, 15) is 0 Å². The first-order valence-electron chi connectivity index (χ1n) is 4.62. The van der Waals surface area contributed by atoms with Gasteiger partial charge in [-0.25, -0.2) is 0 Å². The van der Waals surface area contributed by atoms with Crippen molar-refractivity contribution in [2.45, 2.75) is 26.7 Å². The summed E-state index contributed by atoms with van der Waals surface area (Å²) in [6, 6.07) is 6.30. The topological polar surface area (TPSA) is 9.23 Å². The fourth-order valence-electron chi connectivity index (χ4n) is 1.12. The van der Waals surface area contributed by atoms with Crippen LogP contribution in [0, 0.1) is 10.5 Å². The molecule has 13 heavy (non-hydrogen) atoms. The van der Waals surface area contributed by atoms with Crippen LogP contribution < -0.4 is 4.74 Å². The second-order valence-electron chi connectivity index (χ2n) is 3.17. The van der Waals surface area contributed by atoms with Crippen LogP contribution in [-0.4, -0.2) is 6.61 Å². The van der Waals surface area contributed by atoms with Crippen molar-refractivity contribution in [2.75, 3.05) is 6.61 Å². The molecule has 0 aromatic heterocycles. The Balaban J connectivity index is 2.56. The SMILES string of the molecule is CCCCOc1cc(C)cc(I)c1. The summed E-state index contributed by atoms with van der Waals surface area (Å²) in [7, 11) is 0. The predicted octanol–water partition coefficient (Wildman–Crippen LogP) is 3.78. The van der Waals surface area contributed by atoms with E-state index < -0.39 is 0 Å². The average Bonchev–Trinajstić information content (AvgIpc) is 2.03. The normalized spacial score (nSPS) is 10.1. The van der Waals surface area contributed by atoms with Gasteiger partial charge in [0.2, 0.25) is 0 Å². The Hall–Kier alpha value is -0.250. The molecule has 0 aliphatic rings. The van der Waals surface area contributed by atoms with Crippen molar-refractivity contribution in [1.82, 2.24) is 0 Å². The van der Waals surface area contributed by atoms with Gasteiger partial charge in [-0.3, -0.25) is 0 Å². The molecule has 0 fully saturated rings. The van der Waals surface area contributed by atoms with Gasteiger partial charge in [-0.15, -0.1) is 0 Å². The first-order chi connectivity index (χ1) is 6.22. The summed E-state index contributed by atoms with van der Waals surface area (Å²) in [4.78, 5) is 0. The molecule has 0 heterocycles.